The molecule has 1 fully saturated rings. The van der Waals surface area contributed by atoms with Crippen molar-refractivity contribution in [1.29, 1.82) is 0 Å². The van der Waals surface area contributed by atoms with Crippen LogP contribution in [0.25, 0.3) is 0 Å². The van der Waals surface area contributed by atoms with Gasteiger partial charge in [-0.3, -0.25) is 15.1 Å². The Morgan fingerprint density at radius 2 is 1.63 bits per heavy atom. The molecule has 1 aliphatic rings. The van der Waals surface area contributed by atoms with Crippen LogP contribution in [0.1, 0.15) is 52.9 Å². The van der Waals surface area contributed by atoms with Crippen molar-refractivity contribution in [2.45, 2.75) is 31.5 Å². The number of nitrogen functional groups attached to an aromatic ring is 1. The van der Waals surface area contributed by atoms with Crippen molar-refractivity contribution < 1.29 is 18.0 Å². The Morgan fingerprint density at radius 3 is 2.20 bits per heavy atom. The highest BCUT2D eigenvalue weighted by Gasteiger charge is 2.45. The molecule has 35 heavy (non-hydrogen) atoms. The molecule has 0 unspecified atom stereocenters. The Hall–Kier alpha value is -2.87. The predicted octanol–water partition coefficient (Wildman–Crippen LogP) is 5.77. The van der Waals surface area contributed by atoms with Gasteiger partial charge in [-0.1, -0.05) is 35.9 Å². The van der Waals surface area contributed by atoms with Gasteiger partial charge in [0.2, 0.25) is 0 Å². The molecule has 8 heteroatoms. The zero-order valence-corrected chi connectivity index (χ0v) is 20.2. The number of nitrogens with zero attached hydrogens (tertiary/aromatic N) is 1. The Bertz CT molecular complexity index is 1190. The van der Waals surface area contributed by atoms with E-state index in [2.05, 4.69) is 10.3 Å². The molecule has 1 heterocycles. The first-order chi connectivity index (χ1) is 16.6. The zero-order chi connectivity index (χ0) is 25.3. The normalized spacial score (nSPS) is 16.4. The molecule has 0 saturated carbocycles. The van der Waals surface area contributed by atoms with E-state index in [1.165, 1.54) is 26.0 Å². The van der Waals surface area contributed by atoms with Gasteiger partial charge in [0.05, 0.1) is 6.04 Å². The number of rotatable bonds is 7. The smallest absolute Gasteiger partial charge is 0.265 e. The first-order valence-electron chi connectivity index (χ1n) is 11.3. The van der Waals surface area contributed by atoms with Gasteiger partial charge >= 0.3 is 0 Å². The van der Waals surface area contributed by atoms with Crippen LogP contribution in [-0.4, -0.2) is 29.6 Å². The van der Waals surface area contributed by atoms with E-state index in [1.807, 2.05) is 18.2 Å². The topological polar surface area (TPSA) is 58.4 Å². The van der Waals surface area contributed by atoms with Gasteiger partial charge in [-0.15, -0.1) is 0 Å². The number of carbonyl (C=O) groups is 1. The molecule has 4 rings (SSSR count). The number of alkyl halides is 1. The number of likely N-dealkylation sites (tertiary alicyclic amines) is 1. The highest BCUT2D eigenvalue weighted by Crippen LogP contribution is 2.45. The largest absolute Gasteiger partial charge is 0.292 e. The lowest BCUT2D eigenvalue weighted by Crippen LogP contribution is -2.53. The third-order valence-electron chi connectivity index (χ3n) is 6.54. The third kappa shape index (κ3) is 5.53. The molecule has 3 N–H and O–H groups in total. The number of hydrogen-bond donors (Lipinski definition) is 2. The van der Waals surface area contributed by atoms with Crippen molar-refractivity contribution in [2.24, 2.45) is 11.8 Å². The summed E-state index contributed by atoms with van der Waals surface area (Å²) in [4.78, 5) is 14.3. The molecule has 0 radical (unpaired) electrons. The number of amides is 1. The Labute approximate surface area is 207 Å². The minimum Gasteiger partial charge on any atom is -0.292 e. The molecule has 1 saturated heterocycles. The van der Waals surface area contributed by atoms with Crippen LogP contribution in [0, 0.1) is 17.6 Å². The first-order valence-corrected chi connectivity index (χ1v) is 11.7. The van der Waals surface area contributed by atoms with Gasteiger partial charge in [-0.25, -0.2) is 19.0 Å². The van der Waals surface area contributed by atoms with Crippen LogP contribution in [0.2, 0.25) is 5.02 Å². The fourth-order valence-corrected chi connectivity index (χ4v) is 5.27. The molecular weight excluding hydrogens is 475 g/mol. The maximum absolute atomic E-state index is 15.3. The van der Waals surface area contributed by atoms with Crippen LogP contribution in [0.5, 0.6) is 0 Å². The quantitative estimate of drug-likeness (QED) is 0.245. The second-order valence-electron chi connectivity index (χ2n) is 9.51. The number of benzene rings is 3. The number of halogens is 4. The van der Waals surface area contributed by atoms with E-state index >= 15 is 4.39 Å². The van der Waals surface area contributed by atoms with Crippen molar-refractivity contribution >= 4 is 17.5 Å². The van der Waals surface area contributed by atoms with Gasteiger partial charge in [0, 0.05) is 35.7 Å². The summed E-state index contributed by atoms with van der Waals surface area (Å²) >= 11 is 6.10. The fraction of sp³-hybridized carbons (Fsp3) is 0.296. The standard InChI is InChI=1S/C27H27ClF3N3O/c1-27(2,31)24(19-11-22(29)13-23(30)12-19)20-14-34(15-20)25(16-6-8-21(28)9-7-16)17-4-3-5-18(10-17)26(35)33-32/h3-13,20,24-25H,14-15,32H2,1-2H3,(H,33,35)/t24-,25+/m1/s1. The number of carbonyl (C=O) groups excluding carboxylic acids is 1. The monoisotopic (exact) mass is 501 g/mol. The number of hydrogen-bond acceptors (Lipinski definition) is 3. The van der Waals surface area contributed by atoms with Crippen LogP contribution in [0.3, 0.4) is 0 Å². The van der Waals surface area contributed by atoms with Crippen molar-refractivity contribution in [2.75, 3.05) is 13.1 Å². The van der Waals surface area contributed by atoms with Gasteiger partial charge in [0.1, 0.15) is 17.3 Å². The third-order valence-corrected chi connectivity index (χ3v) is 6.79. The second-order valence-corrected chi connectivity index (χ2v) is 9.95. The molecule has 0 bridgehead atoms. The van der Waals surface area contributed by atoms with Crippen LogP contribution in [0.15, 0.2) is 66.7 Å². The van der Waals surface area contributed by atoms with Gasteiger partial charge < -0.3 is 0 Å². The van der Waals surface area contributed by atoms with Gasteiger partial charge in [-0.2, -0.15) is 0 Å². The molecular formula is C27H27ClF3N3O. The van der Waals surface area contributed by atoms with Crippen molar-refractivity contribution in [3.63, 3.8) is 0 Å². The number of nitrogens with two attached hydrogens (primary N) is 1. The summed E-state index contributed by atoms with van der Waals surface area (Å²) in [5.41, 5.74) is 2.99. The summed E-state index contributed by atoms with van der Waals surface area (Å²) in [5, 5.41) is 0.595. The van der Waals surface area contributed by atoms with Crippen LogP contribution in [-0.2, 0) is 0 Å². The van der Waals surface area contributed by atoms with Crippen molar-refractivity contribution in [3.8, 4) is 0 Å². The SMILES string of the molecule is CC(C)(F)[C@H](c1cc(F)cc(F)c1)C1CN([C@@H](c2ccc(Cl)cc2)c2cccc(C(=O)NN)c2)C1. The van der Waals surface area contributed by atoms with E-state index in [0.717, 1.165) is 17.2 Å². The summed E-state index contributed by atoms with van der Waals surface area (Å²) in [6, 6.07) is 17.5. The maximum atomic E-state index is 15.3. The Balaban J connectivity index is 1.66. The molecule has 1 amide bonds. The van der Waals surface area contributed by atoms with E-state index in [-0.39, 0.29) is 12.0 Å². The molecule has 0 aliphatic carbocycles. The lowest BCUT2D eigenvalue weighted by atomic mass is 9.72. The average Bonchev–Trinajstić information content (AvgIpc) is 2.76. The Morgan fingerprint density at radius 1 is 1.00 bits per heavy atom. The predicted molar refractivity (Wildman–Crippen MR) is 131 cm³/mol. The molecule has 3 aromatic carbocycles. The zero-order valence-electron chi connectivity index (χ0n) is 19.4. The Kier molecular flexibility index (Phi) is 7.22. The van der Waals surface area contributed by atoms with Crippen LogP contribution >= 0.6 is 11.6 Å². The van der Waals surface area contributed by atoms with E-state index in [1.54, 1.807) is 30.3 Å². The summed E-state index contributed by atoms with van der Waals surface area (Å²) < 4.78 is 43.2. The summed E-state index contributed by atoms with van der Waals surface area (Å²) in [7, 11) is 0. The summed E-state index contributed by atoms with van der Waals surface area (Å²) in [6.07, 6.45) is 0. The lowest BCUT2D eigenvalue weighted by molar-refractivity contribution is 0.00803. The van der Waals surface area contributed by atoms with Gasteiger partial charge in [-0.05, 0) is 72.9 Å². The molecule has 184 valence electrons. The highest BCUT2D eigenvalue weighted by molar-refractivity contribution is 6.30. The van der Waals surface area contributed by atoms with E-state index in [9.17, 15) is 13.6 Å². The molecule has 4 nitrogen and oxygen atoms in total. The first kappa shape index (κ1) is 25.2. The summed E-state index contributed by atoms with van der Waals surface area (Å²) in [5.74, 6) is 2.60. The number of nitrogens with one attached hydrogen (secondary N) is 1. The molecule has 3 aromatic rings. The minimum absolute atomic E-state index is 0.165. The van der Waals surface area contributed by atoms with Crippen molar-refractivity contribution in [3.05, 3.63) is 106 Å². The average molecular weight is 502 g/mol. The highest BCUT2D eigenvalue weighted by atomic mass is 35.5. The molecule has 1 aliphatic heterocycles. The second kappa shape index (κ2) is 10.0. The van der Waals surface area contributed by atoms with Gasteiger partial charge in [0.25, 0.3) is 5.91 Å². The van der Waals surface area contributed by atoms with E-state index in [0.29, 0.717) is 29.2 Å². The fourth-order valence-electron chi connectivity index (χ4n) is 5.15. The maximum Gasteiger partial charge on any atom is 0.265 e. The lowest BCUT2D eigenvalue weighted by Gasteiger charge is -2.50. The van der Waals surface area contributed by atoms with Crippen LogP contribution < -0.4 is 11.3 Å². The van der Waals surface area contributed by atoms with E-state index < -0.39 is 29.1 Å². The molecule has 0 spiro atoms. The summed E-state index contributed by atoms with van der Waals surface area (Å²) in [6.45, 7) is 3.87. The minimum atomic E-state index is -1.69. The van der Waals surface area contributed by atoms with Crippen LogP contribution in [0.4, 0.5) is 13.2 Å². The van der Waals surface area contributed by atoms with Crippen molar-refractivity contribution in [1.82, 2.24) is 10.3 Å². The van der Waals surface area contributed by atoms with Gasteiger partial charge in [0.15, 0.2) is 0 Å². The number of hydrazine groups is 1. The molecule has 2 atom stereocenters. The van der Waals surface area contributed by atoms with E-state index in [4.69, 9.17) is 17.4 Å². The molecule has 0 aromatic heterocycles.